The minimum absolute atomic E-state index is 0. The average Bonchev–Trinajstić information content (AvgIpc) is 2.74. The van der Waals surface area contributed by atoms with Crippen LogP contribution < -0.4 is 21.5 Å². The molecule has 0 N–H and O–H groups in total. The number of aryl methyl sites for hydroxylation is 1. The highest BCUT2D eigenvalue weighted by atomic mass is 79.9. The molecule has 0 aliphatic rings. The molecule has 2 aromatic rings. The number of thiazole rings is 1. The Morgan fingerprint density at radius 3 is 2.67 bits per heavy atom. The molecule has 0 spiro atoms. The van der Waals surface area contributed by atoms with Crippen LogP contribution in [0.3, 0.4) is 0 Å². The molecule has 0 atom stereocenters. The van der Waals surface area contributed by atoms with Crippen molar-refractivity contribution >= 4 is 17.3 Å². The van der Waals surface area contributed by atoms with Crippen LogP contribution in [0, 0.1) is 6.92 Å². The van der Waals surface area contributed by atoms with Crippen LogP contribution in [0.25, 0.3) is 0 Å². The van der Waals surface area contributed by atoms with Gasteiger partial charge in [0.25, 0.3) is 0 Å². The first-order valence-electron chi connectivity index (χ1n) is 5.37. The number of nitrogens with zero attached hydrogens (tertiary/aromatic N) is 1. The molecule has 1 aromatic heterocycles. The first kappa shape index (κ1) is 14.9. The third kappa shape index (κ3) is 4.23. The van der Waals surface area contributed by atoms with Gasteiger partial charge in [-0.1, -0.05) is 41.7 Å². The molecule has 2 rings (SSSR count). The second-order valence-electron chi connectivity index (χ2n) is 3.77. The third-order valence-corrected chi connectivity index (χ3v) is 3.28. The van der Waals surface area contributed by atoms with Crippen molar-refractivity contribution in [3.05, 3.63) is 52.5 Å². The quantitative estimate of drug-likeness (QED) is 0.538. The van der Waals surface area contributed by atoms with E-state index in [1.165, 1.54) is 0 Å². The van der Waals surface area contributed by atoms with E-state index in [4.69, 9.17) is 4.74 Å². The van der Waals surface area contributed by atoms with E-state index in [0.717, 1.165) is 11.3 Å². The van der Waals surface area contributed by atoms with Crippen molar-refractivity contribution < 1.29 is 31.1 Å². The molecular weight excluding hydrogens is 314 g/mol. The molecule has 1 heterocycles. The Labute approximate surface area is 121 Å². The van der Waals surface area contributed by atoms with Crippen molar-refractivity contribution in [2.24, 2.45) is 0 Å². The van der Waals surface area contributed by atoms with Crippen LogP contribution in [0.2, 0.25) is 0 Å². The van der Waals surface area contributed by atoms with Crippen molar-refractivity contribution in [1.82, 2.24) is 0 Å². The Bertz CT molecular complexity index is 499. The Morgan fingerprint density at radius 2 is 2.06 bits per heavy atom. The molecule has 96 valence electrons. The number of hydrogen-bond donors (Lipinski definition) is 0. The summed E-state index contributed by atoms with van der Waals surface area (Å²) in [5.41, 5.74) is 4.00. The maximum Gasteiger partial charge on any atom is 0.373 e. The maximum atomic E-state index is 11.6. The first-order chi connectivity index (χ1) is 8.25. The van der Waals surface area contributed by atoms with Gasteiger partial charge in [0.15, 0.2) is 5.69 Å². The highest BCUT2D eigenvalue weighted by Gasteiger charge is 2.14. The van der Waals surface area contributed by atoms with E-state index < -0.39 is 0 Å². The summed E-state index contributed by atoms with van der Waals surface area (Å²) in [5.74, 6) is -0.208. The van der Waals surface area contributed by atoms with Gasteiger partial charge in [-0.2, -0.15) is 4.57 Å². The molecule has 0 aliphatic heterocycles. The van der Waals surface area contributed by atoms with Gasteiger partial charge in [-0.05, 0) is 5.56 Å². The van der Waals surface area contributed by atoms with Gasteiger partial charge in [0.2, 0.25) is 12.1 Å². The lowest BCUT2D eigenvalue weighted by molar-refractivity contribution is -0.687. The number of ether oxygens (including phenoxy) is 1. The van der Waals surface area contributed by atoms with E-state index in [2.05, 4.69) is 0 Å². The minimum atomic E-state index is -0.208. The summed E-state index contributed by atoms with van der Waals surface area (Å²) in [4.78, 5) is 11.6. The van der Waals surface area contributed by atoms with Gasteiger partial charge in [-0.25, -0.2) is 4.79 Å². The summed E-state index contributed by atoms with van der Waals surface area (Å²) < 4.78 is 7.09. The molecule has 0 bridgehead atoms. The topological polar surface area (TPSA) is 30.2 Å². The summed E-state index contributed by atoms with van der Waals surface area (Å²) in [6.07, 6.45) is 0. The second-order valence-corrected chi connectivity index (χ2v) is 4.49. The van der Waals surface area contributed by atoms with E-state index in [1.807, 2.05) is 52.7 Å². The molecule has 18 heavy (non-hydrogen) atoms. The normalized spacial score (nSPS) is 9.61. The molecule has 1 aromatic carbocycles. The average molecular weight is 328 g/mol. The van der Waals surface area contributed by atoms with Crippen LogP contribution in [0.4, 0.5) is 0 Å². The van der Waals surface area contributed by atoms with Gasteiger partial charge < -0.3 is 21.7 Å². The molecular formula is C13H14BrNO2S. The number of hydrogen-bond acceptors (Lipinski definition) is 3. The van der Waals surface area contributed by atoms with Crippen LogP contribution in [0.15, 0.2) is 41.2 Å². The summed E-state index contributed by atoms with van der Waals surface area (Å²) in [7, 11) is 0. The summed E-state index contributed by atoms with van der Waals surface area (Å²) in [6.45, 7) is 2.59. The molecule has 3 nitrogen and oxygen atoms in total. The van der Waals surface area contributed by atoms with Gasteiger partial charge in [-0.15, -0.1) is 0 Å². The molecule has 5 heteroatoms. The Kier molecular flexibility index (Phi) is 6.01. The number of rotatable bonds is 4. The minimum Gasteiger partial charge on any atom is -1.00 e. The Hall–Kier alpha value is -1.20. The zero-order valence-corrected chi connectivity index (χ0v) is 12.4. The molecule has 0 saturated heterocycles. The Morgan fingerprint density at radius 1 is 1.33 bits per heavy atom. The fourth-order valence-corrected chi connectivity index (χ4v) is 2.22. The van der Waals surface area contributed by atoms with Crippen molar-refractivity contribution in [2.45, 2.75) is 20.1 Å². The van der Waals surface area contributed by atoms with Gasteiger partial charge in [0, 0.05) is 6.92 Å². The van der Waals surface area contributed by atoms with Crippen molar-refractivity contribution in [1.29, 1.82) is 0 Å². The van der Waals surface area contributed by atoms with Crippen LogP contribution in [0.5, 0.6) is 0 Å². The first-order valence-corrected chi connectivity index (χ1v) is 6.32. The molecule has 0 amide bonds. The largest absolute Gasteiger partial charge is 1.00 e. The standard InChI is InChI=1S/C13H14NO2S.BrH/c1-11-9-17-10-14(11)7-13(15)16-8-12-5-3-2-4-6-12;/h2-6,9-10H,7-8H2,1H3;1H/q+1;/p-1. The van der Waals surface area contributed by atoms with Gasteiger partial charge in [-0.3, -0.25) is 0 Å². The van der Waals surface area contributed by atoms with Gasteiger partial charge >= 0.3 is 5.97 Å². The number of carbonyl (C=O) groups is 1. The van der Waals surface area contributed by atoms with Crippen LogP contribution in [-0.4, -0.2) is 5.97 Å². The monoisotopic (exact) mass is 327 g/mol. The fourth-order valence-electron chi connectivity index (χ4n) is 1.44. The fraction of sp³-hybridized carbons (Fsp3) is 0.231. The van der Waals surface area contributed by atoms with E-state index in [0.29, 0.717) is 6.61 Å². The SMILES string of the molecule is Cc1csc[n+]1CC(=O)OCc1ccccc1.[Br-]. The van der Waals surface area contributed by atoms with Crippen LogP contribution in [-0.2, 0) is 22.7 Å². The summed E-state index contributed by atoms with van der Waals surface area (Å²) >= 11 is 1.58. The third-order valence-electron chi connectivity index (χ3n) is 2.42. The molecule has 0 fully saturated rings. The smallest absolute Gasteiger partial charge is 0.373 e. The summed E-state index contributed by atoms with van der Waals surface area (Å²) in [5, 5.41) is 2.00. The lowest BCUT2D eigenvalue weighted by Gasteiger charge is -2.02. The van der Waals surface area contributed by atoms with Crippen molar-refractivity contribution in [3.63, 3.8) is 0 Å². The van der Waals surface area contributed by atoms with Gasteiger partial charge in [0.05, 0.1) is 5.38 Å². The highest BCUT2D eigenvalue weighted by Crippen LogP contribution is 2.01. The number of esters is 1. The van der Waals surface area contributed by atoms with Crippen LogP contribution in [0.1, 0.15) is 11.3 Å². The zero-order chi connectivity index (χ0) is 12.1. The van der Waals surface area contributed by atoms with E-state index >= 15 is 0 Å². The second kappa shape index (κ2) is 7.28. The van der Waals surface area contributed by atoms with Gasteiger partial charge in [0.1, 0.15) is 6.61 Å². The van der Waals surface area contributed by atoms with Crippen molar-refractivity contribution in [3.8, 4) is 0 Å². The number of aromatic nitrogens is 1. The summed E-state index contributed by atoms with van der Waals surface area (Å²) in [6, 6.07) is 9.68. The van der Waals surface area contributed by atoms with Crippen molar-refractivity contribution in [2.75, 3.05) is 0 Å². The number of carbonyl (C=O) groups excluding carboxylic acids is 1. The molecule has 0 saturated carbocycles. The van der Waals surface area contributed by atoms with Crippen LogP contribution >= 0.6 is 11.3 Å². The number of halogens is 1. The van der Waals surface area contributed by atoms with E-state index in [1.54, 1.807) is 11.3 Å². The van der Waals surface area contributed by atoms with E-state index in [9.17, 15) is 4.79 Å². The molecule has 0 aliphatic carbocycles. The highest BCUT2D eigenvalue weighted by molar-refractivity contribution is 7.07. The predicted molar refractivity (Wildman–Crippen MR) is 65.5 cm³/mol. The zero-order valence-electron chi connectivity index (χ0n) is 10.0. The predicted octanol–water partition coefficient (Wildman–Crippen LogP) is -0.909. The maximum absolute atomic E-state index is 11.6. The molecule has 0 radical (unpaired) electrons. The lowest BCUT2D eigenvalue weighted by atomic mass is 10.2. The number of benzene rings is 1. The lowest BCUT2D eigenvalue weighted by Crippen LogP contribution is -3.00. The molecule has 0 unspecified atom stereocenters. The van der Waals surface area contributed by atoms with E-state index in [-0.39, 0.29) is 29.5 Å². The Balaban J connectivity index is 0.00000162.